The summed E-state index contributed by atoms with van der Waals surface area (Å²) >= 11 is 0. The molecule has 0 aliphatic rings. The molecule has 6 heteroatoms. The fraction of sp³-hybridized carbons (Fsp3) is 0.182. The fourth-order valence-corrected chi connectivity index (χ4v) is 1.26. The number of nitrogens with two attached hydrogens (primary N) is 1. The van der Waals surface area contributed by atoms with Crippen LogP contribution in [0, 0.1) is 0 Å². The smallest absolute Gasteiger partial charge is 0.360 e. The molecule has 1 aromatic rings. The first-order valence-corrected chi connectivity index (χ1v) is 4.72. The van der Waals surface area contributed by atoms with Crippen LogP contribution in [0.3, 0.4) is 0 Å². The molecule has 0 unspecified atom stereocenters. The molecule has 0 heterocycles. The van der Waals surface area contributed by atoms with Gasteiger partial charge in [-0.15, -0.1) is 0 Å². The molecular weight excluding hydrogens is 226 g/mol. The van der Waals surface area contributed by atoms with Crippen molar-refractivity contribution in [1.82, 2.24) is 0 Å². The third-order valence-electron chi connectivity index (χ3n) is 2.05. The van der Waals surface area contributed by atoms with Gasteiger partial charge in [0.15, 0.2) is 5.78 Å². The van der Waals surface area contributed by atoms with Gasteiger partial charge in [0.1, 0.15) is 17.1 Å². The number of phenolic OH excluding ortho intramolecular Hbond substituents is 1. The quantitative estimate of drug-likeness (QED) is 0.450. The highest BCUT2D eigenvalue weighted by Gasteiger charge is 2.16. The number of aromatic hydroxyl groups is 1. The lowest BCUT2D eigenvalue weighted by atomic mass is 10.0. The molecule has 17 heavy (non-hydrogen) atoms. The van der Waals surface area contributed by atoms with E-state index in [2.05, 4.69) is 10.7 Å². The molecule has 6 nitrogen and oxygen atoms in total. The monoisotopic (exact) mass is 237 g/mol. The van der Waals surface area contributed by atoms with Gasteiger partial charge < -0.3 is 9.94 Å². The van der Waals surface area contributed by atoms with E-state index >= 15 is 0 Å². The molecule has 0 amide bonds. The van der Waals surface area contributed by atoms with Crippen LogP contribution in [0.5, 0.6) is 5.75 Å². The van der Waals surface area contributed by atoms with E-state index in [1.807, 2.05) is 0 Å². The molecule has 0 fully saturated rings. The Balaban J connectivity index is 3.08. The summed E-state index contributed by atoms with van der Waals surface area (Å²) in [5, 5.41) is 9.37. The number of phenols is 1. The second-order valence-corrected chi connectivity index (χ2v) is 3.44. The van der Waals surface area contributed by atoms with Crippen LogP contribution in [0.2, 0.25) is 0 Å². The van der Waals surface area contributed by atoms with Crippen molar-refractivity contribution in [2.75, 3.05) is 0 Å². The number of hydrogen-bond donors (Lipinski definition) is 2. The van der Waals surface area contributed by atoms with Gasteiger partial charge in [-0.3, -0.25) is 9.59 Å². The standard InChI is InChI=1S/C11H11NO5/c1-6(13)4-10(15)7-2-3-9(14)8(5-7)11(16)17-12/h2-3,5,14H,4,12H2,1H3. The summed E-state index contributed by atoms with van der Waals surface area (Å²) in [5.41, 5.74) is -0.0831. The van der Waals surface area contributed by atoms with Gasteiger partial charge >= 0.3 is 5.97 Å². The number of benzene rings is 1. The lowest BCUT2D eigenvalue weighted by Crippen LogP contribution is -2.12. The van der Waals surface area contributed by atoms with Gasteiger partial charge in [-0.1, -0.05) is 0 Å². The van der Waals surface area contributed by atoms with E-state index in [4.69, 9.17) is 0 Å². The van der Waals surface area contributed by atoms with Crippen molar-refractivity contribution in [2.45, 2.75) is 13.3 Å². The van der Waals surface area contributed by atoms with Crippen molar-refractivity contribution in [2.24, 2.45) is 5.90 Å². The summed E-state index contributed by atoms with van der Waals surface area (Å²) in [6.45, 7) is 1.29. The van der Waals surface area contributed by atoms with E-state index in [1.54, 1.807) is 0 Å². The molecule has 0 atom stereocenters. The Kier molecular flexibility index (Phi) is 3.95. The van der Waals surface area contributed by atoms with Gasteiger partial charge in [-0.25, -0.2) is 4.79 Å². The molecule has 1 aromatic carbocycles. The average molecular weight is 237 g/mol. The van der Waals surface area contributed by atoms with Gasteiger partial charge in [-0.2, -0.15) is 5.90 Å². The number of rotatable bonds is 4. The second kappa shape index (κ2) is 5.22. The maximum atomic E-state index is 11.5. The minimum absolute atomic E-state index is 0.137. The summed E-state index contributed by atoms with van der Waals surface area (Å²) in [4.78, 5) is 37.4. The molecule has 0 aliphatic carbocycles. The van der Waals surface area contributed by atoms with E-state index < -0.39 is 11.8 Å². The van der Waals surface area contributed by atoms with Crippen LogP contribution >= 0.6 is 0 Å². The highest BCUT2D eigenvalue weighted by atomic mass is 16.7. The molecule has 0 spiro atoms. The summed E-state index contributed by atoms with van der Waals surface area (Å²) in [6, 6.07) is 3.61. The highest BCUT2D eigenvalue weighted by molar-refractivity contribution is 6.08. The maximum absolute atomic E-state index is 11.5. The molecule has 0 saturated carbocycles. The van der Waals surface area contributed by atoms with Crippen LogP contribution < -0.4 is 5.90 Å². The molecule has 0 aliphatic heterocycles. The van der Waals surface area contributed by atoms with Crippen molar-refractivity contribution in [3.8, 4) is 5.75 Å². The molecular formula is C11H11NO5. The third-order valence-corrected chi connectivity index (χ3v) is 2.05. The van der Waals surface area contributed by atoms with Gasteiger partial charge in [0, 0.05) is 5.56 Å². The Morgan fingerprint density at radius 3 is 2.53 bits per heavy atom. The molecule has 3 N–H and O–H groups in total. The Morgan fingerprint density at radius 2 is 2.00 bits per heavy atom. The summed E-state index contributed by atoms with van der Waals surface area (Å²) in [6.07, 6.45) is -0.262. The lowest BCUT2D eigenvalue weighted by Gasteiger charge is -2.04. The number of carbonyl (C=O) groups excluding carboxylic acids is 3. The van der Waals surface area contributed by atoms with E-state index in [0.717, 1.165) is 6.07 Å². The average Bonchev–Trinajstić information content (AvgIpc) is 2.27. The largest absolute Gasteiger partial charge is 0.507 e. The van der Waals surface area contributed by atoms with Gasteiger partial charge in [0.05, 0.1) is 6.42 Å². The first kappa shape index (κ1) is 12.9. The first-order valence-electron chi connectivity index (χ1n) is 4.72. The Labute approximate surface area is 96.9 Å². The van der Waals surface area contributed by atoms with Crippen molar-refractivity contribution >= 4 is 17.5 Å². The van der Waals surface area contributed by atoms with Crippen molar-refractivity contribution < 1.29 is 24.3 Å². The second-order valence-electron chi connectivity index (χ2n) is 3.44. The Bertz CT molecular complexity index is 481. The van der Waals surface area contributed by atoms with E-state index in [1.165, 1.54) is 19.1 Å². The van der Waals surface area contributed by atoms with Crippen LogP contribution in [0.25, 0.3) is 0 Å². The zero-order chi connectivity index (χ0) is 13.0. The zero-order valence-electron chi connectivity index (χ0n) is 9.10. The number of Topliss-reactive ketones (excluding diaryl/α,β-unsaturated/α-hetero) is 2. The van der Waals surface area contributed by atoms with Crippen LogP contribution in [0.4, 0.5) is 0 Å². The van der Waals surface area contributed by atoms with Crippen LogP contribution in [0.1, 0.15) is 34.1 Å². The van der Waals surface area contributed by atoms with Gasteiger partial charge in [0.2, 0.25) is 0 Å². The Morgan fingerprint density at radius 1 is 1.35 bits per heavy atom. The van der Waals surface area contributed by atoms with E-state index in [0.29, 0.717) is 0 Å². The molecule has 0 bridgehead atoms. The summed E-state index contributed by atoms with van der Waals surface area (Å²) in [5.74, 6) is 2.65. The lowest BCUT2D eigenvalue weighted by molar-refractivity contribution is -0.116. The zero-order valence-corrected chi connectivity index (χ0v) is 9.10. The molecule has 90 valence electrons. The molecule has 0 aromatic heterocycles. The minimum atomic E-state index is -0.958. The predicted molar refractivity (Wildman–Crippen MR) is 57.3 cm³/mol. The van der Waals surface area contributed by atoms with Crippen molar-refractivity contribution in [3.05, 3.63) is 29.3 Å². The summed E-state index contributed by atoms with van der Waals surface area (Å²) < 4.78 is 0. The van der Waals surface area contributed by atoms with Crippen molar-refractivity contribution in [1.29, 1.82) is 0 Å². The molecule has 1 rings (SSSR count). The molecule has 0 radical (unpaired) electrons. The maximum Gasteiger partial charge on any atom is 0.360 e. The number of ketones is 2. The normalized spacial score (nSPS) is 9.76. The topological polar surface area (TPSA) is 107 Å². The fourth-order valence-electron chi connectivity index (χ4n) is 1.26. The van der Waals surface area contributed by atoms with E-state index in [9.17, 15) is 19.5 Å². The van der Waals surface area contributed by atoms with Crippen LogP contribution in [-0.4, -0.2) is 22.6 Å². The highest BCUT2D eigenvalue weighted by Crippen LogP contribution is 2.20. The van der Waals surface area contributed by atoms with Crippen LogP contribution in [-0.2, 0) is 9.63 Å². The van der Waals surface area contributed by atoms with Gasteiger partial charge in [-0.05, 0) is 25.1 Å². The number of carbonyl (C=O) groups is 3. The first-order chi connectivity index (χ1) is 7.95. The minimum Gasteiger partial charge on any atom is -0.507 e. The van der Waals surface area contributed by atoms with Gasteiger partial charge in [0.25, 0.3) is 0 Å². The van der Waals surface area contributed by atoms with Crippen LogP contribution in [0.15, 0.2) is 18.2 Å². The molecule has 0 saturated heterocycles. The SMILES string of the molecule is CC(=O)CC(=O)c1ccc(O)c(C(=O)ON)c1. The Hall–Kier alpha value is -2.21. The van der Waals surface area contributed by atoms with E-state index in [-0.39, 0.29) is 29.1 Å². The number of hydrogen-bond acceptors (Lipinski definition) is 6. The summed E-state index contributed by atoms with van der Waals surface area (Å²) in [7, 11) is 0. The van der Waals surface area contributed by atoms with Crippen molar-refractivity contribution in [3.63, 3.8) is 0 Å². The predicted octanol–water partition coefficient (Wildman–Crippen LogP) is 0.585. The third kappa shape index (κ3) is 3.12.